The van der Waals surface area contributed by atoms with Gasteiger partial charge < -0.3 is 4.40 Å². The summed E-state index contributed by atoms with van der Waals surface area (Å²) in [5.41, 5.74) is 4.50. The number of nitrogens with zero attached hydrogens (tertiary/aromatic N) is 2. The van der Waals surface area contributed by atoms with Gasteiger partial charge >= 0.3 is 0 Å². The summed E-state index contributed by atoms with van der Waals surface area (Å²) in [5, 5.41) is 0. The third-order valence-electron chi connectivity index (χ3n) is 2.52. The maximum absolute atomic E-state index is 5.77. The number of halogens is 1. The van der Waals surface area contributed by atoms with Crippen molar-refractivity contribution >= 4 is 17.2 Å². The van der Waals surface area contributed by atoms with Crippen molar-refractivity contribution < 1.29 is 0 Å². The molecule has 0 fully saturated rings. The van der Waals surface area contributed by atoms with E-state index in [0.717, 1.165) is 23.3 Å². The van der Waals surface area contributed by atoms with Gasteiger partial charge in [0.1, 0.15) is 5.65 Å². The summed E-state index contributed by atoms with van der Waals surface area (Å²) in [4.78, 5) is 4.54. The number of imidazole rings is 1. The van der Waals surface area contributed by atoms with Crippen molar-refractivity contribution in [3.8, 4) is 0 Å². The highest BCUT2D eigenvalue weighted by atomic mass is 35.5. The molecule has 0 saturated heterocycles. The Morgan fingerprint density at radius 3 is 2.93 bits per heavy atom. The first-order chi connectivity index (χ1) is 6.76. The third kappa shape index (κ3) is 1.40. The van der Waals surface area contributed by atoms with E-state index < -0.39 is 0 Å². The number of alkyl halides is 1. The molecule has 0 atom stereocenters. The lowest BCUT2D eigenvalue weighted by Crippen LogP contribution is -1.89. The highest BCUT2D eigenvalue weighted by Gasteiger charge is 2.05. The van der Waals surface area contributed by atoms with Crippen molar-refractivity contribution in [3.63, 3.8) is 0 Å². The quantitative estimate of drug-likeness (QED) is 0.694. The van der Waals surface area contributed by atoms with Gasteiger partial charge in [-0.3, -0.25) is 0 Å². The molecule has 2 aromatic rings. The molecule has 3 heteroatoms. The standard InChI is InChI=1S/C11H13ClN2/c1-3-10-8(2)14-5-4-9(7-12)6-11(14)13-10/h4-6H,3,7H2,1-2H3. The van der Waals surface area contributed by atoms with E-state index in [9.17, 15) is 0 Å². The van der Waals surface area contributed by atoms with Crippen molar-refractivity contribution in [3.05, 3.63) is 35.3 Å². The number of aryl methyl sites for hydroxylation is 2. The van der Waals surface area contributed by atoms with Crippen LogP contribution in [0.4, 0.5) is 0 Å². The minimum atomic E-state index is 0.546. The normalized spacial score (nSPS) is 11.1. The number of hydrogen-bond acceptors (Lipinski definition) is 1. The van der Waals surface area contributed by atoms with Crippen LogP contribution in [0, 0.1) is 6.92 Å². The predicted molar refractivity (Wildman–Crippen MR) is 58.9 cm³/mol. The molecule has 2 rings (SSSR count). The van der Waals surface area contributed by atoms with Crippen LogP contribution < -0.4 is 0 Å². The van der Waals surface area contributed by atoms with E-state index in [2.05, 4.69) is 23.2 Å². The van der Waals surface area contributed by atoms with Crippen LogP contribution in [0.1, 0.15) is 23.9 Å². The van der Waals surface area contributed by atoms with Crippen molar-refractivity contribution in [1.29, 1.82) is 0 Å². The van der Waals surface area contributed by atoms with Crippen LogP contribution in [0.25, 0.3) is 5.65 Å². The number of hydrogen-bond donors (Lipinski definition) is 0. The molecule has 0 aromatic carbocycles. The Balaban J connectivity index is 2.66. The molecule has 2 nitrogen and oxygen atoms in total. The van der Waals surface area contributed by atoms with Crippen LogP contribution in [0.3, 0.4) is 0 Å². The fraction of sp³-hybridized carbons (Fsp3) is 0.364. The predicted octanol–water partition coefficient (Wildman–Crippen LogP) is 2.94. The fourth-order valence-corrected chi connectivity index (χ4v) is 1.84. The second kappa shape index (κ2) is 3.62. The molecule has 0 unspecified atom stereocenters. The van der Waals surface area contributed by atoms with E-state index >= 15 is 0 Å². The lowest BCUT2D eigenvalue weighted by molar-refractivity contribution is 1.02. The van der Waals surface area contributed by atoms with Gasteiger partial charge in [-0.2, -0.15) is 0 Å². The molecule has 0 saturated carbocycles. The zero-order valence-electron chi connectivity index (χ0n) is 8.42. The molecule has 2 aromatic heterocycles. The Labute approximate surface area is 88.5 Å². The molecule has 0 aliphatic heterocycles. The second-order valence-electron chi connectivity index (χ2n) is 3.39. The summed E-state index contributed by atoms with van der Waals surface area (Å²) in [6, 6.07) is 4.08. The van der Waals surface area contributed by atoms with Gasteiger partial charge in [0, 0.05) is 17.8 Å². The van der Waals surface area contributed by atoms with Gasteiger partial charge in [-0.25, -0.2) is 4.98 Å². The zero-order chi connectivity index (χ0) is 10.1. The van der Waals surface area contributed by atoms with Gasteiger partial charge in [0.15, 0.2) is 0 Å². The number of aromatic nitrogens is 2. The summed E-state index contributed by atoms with van der Waals surface area (Å²) in [6.07, 6.45) is 3.01. The molecule has 0 amide bonds. The van der Waals surface area contributed by atoms with E-state index in [-0.39, 0.29) is 0 Å². The molecule has 0 N–H and O–H groups in total. The van der Waals surface area contributed by atoms with Crippen LogP contribution in [-0.2, 0) is 12.3 Å². The van der Waals surface area contributed by atoms with Gasteiger partial charge in [-0.15, -0.1) is 11.6 Å². The van der Waals surface area contributed by atoms with Crippen LogP contribution in [0.2, 0.25) is 0 Å². The average molecular weight is 209 g/mol. The first-order valence-electron chi connectivity index (χ1n) is 4.78. The van der Waals surface area contributed by atoms with Crippen molar-refractivity contribution in [2.45, 2.75) is 26.1 Å². The van der Waals surface area contributed by atoms with Crippen molar-refractivity contribution in [2.24, 2.45) is 0 Å². The average Bonchev–Trinajstić information content (AvgIpc) is 2.55. The number of fused-ring (bicyclic) bond motifs is 1. The molecule has 0 spiro atoms. The third-order valence-corrected chi connectivity index (χ3v) is 2.83. The lowest BCUT2D eigenvalue weighted by atomic mass is 10.3. The van der Waals surface area contributed by atoms with Gasteiger partial charge in [0.05, 0.1) is 5.69 Å². The second-order valence-corrected chi connectivity index (χ2v) is 3.66. The summed E-state index contributed by atoms with van der Waals surface area (Å²) < 4.78 is 2.11. The topological polar surface area (TPSA) is 17.3 Å². The molecular formula is C11H13ClN2. The smallest absolute Gasteiger partial charge is 0.137 e. The highest BCUT2D eigenvalue weighted by molar-refractivity contribution is 6.17. The number of rotatable bonds is 2. The molecule has 0 radical (unpaired) electrons. The SMILES string of the molecule is CCc1nc2cc(CCl)ccn2c1C. The first kappa shape index (κ1) is 9.53. The Morgan fingerprint density at radius 2 is 2.29 bits per heavy atom. The van der Waals surface area contributed by atoms with E-state index in [0.29, 0.717) is 5.88 Å². The van der Waals surface area contributed by atoms with Crippen LogP contribution in [0.5, 0.6) is 0 Å². The monoisotopic (exact) mass is 208 g/mol. The minimum absolute atomic E-state index is 0.546. The summed E-state index contributed by atoms with van der Waals surface area (Å²) in [6.45, 7) is 4.22. The zero-order valence-corrected chi connectivity index (χ0v) is 9.17. The maximum Gasteiger partial charge on any atom is 0.137 e. The molecule has 74 valence electrons. The number of pyridine rings is 1. The molecule has 0 bridgehead atoms. The van der Waals surface area contributed by atoms with Crippen LogP contribution in [0.15, 0.2) is 18.3 Å². The fourth-order valence-electron chi connectivity index (χ4n) is 1.68. The minimum Gasteiger partial charge on any atom is -0.304 e. The first-order valence-corrected chi connectivity index (χ1v) is 5.32. The lowest BCUT2D eigenvalue weighted by Gasteiger charge is -1.98. The van der Waals surface area contributed by atoms with Gasteiger partial charge in [-0.1, -0.05) is 6.92 Å². The maximum atomic E-state index is 5.77. The highest BCUT2D eigenvalue weighted by Crippen LogP contribution is 2.14. The summed E-state index contributed by atoms with van der Waals surface area (Å²) in [7, 11) is 0. The Hall–Kier alpha value is -1.02. The van der Waals surface area contributed by atoms with Gasteiger partial charge in [0.25, 0.3) is 0 Å². The van der Waals surface area contributed by atoms with E-state index in [1.54, 1.807) is 0 Å². The van der Waals surface area contributed by atoms with Gasteiger partial charge in [-0.05, 0) is 31.0 Å². The molecule has 2 heterocycles. The molecule has 0 aliphatic carbocycles. The van der Waals surface area contributed by atoms with E-state index in [1.165, 1.54) is 5.69 Å². The Morgan fingerprint density at radius 1 is 1.50 bits per heavy atom. The summed E-state index contributed by atoms with van der Waals surface area (Å²) >= 11 is 5.77. The van der Waals surface area contributed by atoms with Crippen molar-refractivity contribution in [2.75, 3.05) is 0 Å². The molecule has 0 aliphatic rings. The Bertz CT molecular complexity index is 460. The molecule has 14 heavy (non-hydrogen) atoms. The summed E-state index contributed by atoms with van der Waals surface area (Å²) in [5.74, 6) is 0.546. The Kier molecular flexibility index (Phi) is 2.46. The van der Waals surface area contributed by atoms with Gasteiger partial charge in [0.2, 0.25) is 0 Å². The van der Waals surface area contributed by atoms with E-state index in [1.807, 2.05) is 18.3 Å². The van der Waals surface area contributed by atoms with Crippen molar-refractivity contribution in [1.82, 2.24) is 9.38 Å². The van der Waals surface area contributed by atoms with Crippen LogP contribution >= 0.6 is 11.6 Å². The molecular weight excluding hydrogens is 196 g/mol. The van der Waals surface area contributed by atoms with Crippen LogP contribution in [-0.4, -0.2) is 9.38 Å². The van der Waals surface area contributed by atoms with E-state index in [4.69, 9.17) is 11.6 Å². The largest absolute Gasteiger partial charge is 0.304 e.